The standard InChI is InChI=1S/C19H21FN4O2S/c1-19(2,3)16-14(20)5-12(7-22-16)15-13(6-21)17(25)24-8-11(9-26-4)10-27-18(24)23-15/h5,7,11H,8-10H2,1-4H3/t11-/m1/s1. The molecule has 3 heterocycles. The van der Waals surface area contributed by atoms with Crippen LogP contribution in [0.3, 0.4) is 0 Å². The van der Waals surface area contributed by atoms with E-state index in [2.05, 4.69) is 9.97 Å². The zero-order valence-electron chi connectivity index (χ0n) is 15.7. The topological polar surface area (TPSA) is 80.8 Å². The number of rotatable bonds is 3. The van der Waals surface area contributed by atoms with Crippen molar-refractivity contribution >= 4 is 11.8 Å². The second-order valence-corrected chi connectivity index (χ2v) is 8.57. The van der Waals surface area contributed by atoms with E-state index in [0.717, 1.165) is 5.75 Å². The molecule has 0 unspecified atom stereocenters. The lowest BCUT2D eigenvalue weighted by Crippen LogP contribution is -2.34. The van der Waals surface area contributed by atoms with Crippen molar-refractivity contribution in [3.8, 4) is 17.3 Å². The number of thioether (sulfide) groups is 1. The van der Waals surface area contributed by atoms with Gasteiger partial charge < -0.3 is 4.74 Å². The predicted molar refractivity (Wildman–Crippen MR) is 101 cm³/mol. The summed E-state index contributed by atoms with van der Waals surface area (Å²) in [5.41, 5.74) is -0.115. The number of nitriles is 1. The maximum atomic E-state index is 14.6. The first-order valence-corrected chi connectivity index (χ1v) is 9.58. The van der Waals surface area contributed by atoms with Crippen LogP contribution in [0, 0.1) is 23.1 Å². The molecule has 0 aromatic carbocycles. The second-order valence-electron chi connectivity index (χ2n) is 7.58. The van der Waals surface area contributed by atoms with Gasteiger partial charge in [0.25, 0.3) is 5.56 Å². The third kappa shape index (κ3) is 3.75. The summed E-state index contributed by atoms with van der Waals surface area (Å²) in [6.07, 6.45) is 1.48. The SMILES string of the molecule is COC[C@@H]1CSc2nc(-c3cnc(C(C)(C)C)c(F)c3)c(C#N)c(=O)n2C1. The van der Waals surface area contributed by atoms with Gasteiger partial charge in [-0.25, -0.2) is 9.37 Å². The molecule has 0 radical (unpaired) electrons. The lowest BCUT2D eigenvalue weighted by molar-refractivity contribution is 0.149. The summed E-state index contributed by atoms with van der Waals surface area (Å²) < 4.78 is 21.2. The number of ether oxygens (including phenoxy) is 1. The smallest absolute Gasteiger partial charge is 0.272 e. The van der Waals surface area contributed by atoms with Gasteiger partial charge in [-0.3, -0.25) is 14.3 Å². The van der Waals surface area contributed by atoms with Gasteiger partial charge in [0, 0.05) is 42.5 Å². The van der Waals surface area contributed by atoms with Crippen molar-refractivity contribution in [3.63, 3.8) is 0 Å². The van der Waals surface area contributed by atoms with Gasteiger partial charge >= 0.3 is 0 Å². The monoisotopic (exact) mass is 388 g/mol. The minimum absolute atomic E-state index is 0.0953. The zero-order valence-corrected chi connectivity index (χ0v) is 16.6. The maximum Gasteiger partial charge on any atom is 0.272 e. The molecule has 2 aromatic rings. The Balaban J connectivity index is 2.11. The van der Waals surface area contributed by atoms with E-state index < -0.39 is 16.8 Å². The molecule has 27 heavy (non-hydrogen) atoms. The number of pyridine rings is 1. The fourth-order valence-corrected chi connectivity index (χ4v) is 4.13. The third-order valence-corrected chi connectivity index (χ3v) is 5.57. The summed E-state index contributed by atoms with van der Waals surface area (Å²) in [5.74, 6) is 0.465. The van der Waals surface area contributed by atoms with Crippen molar-refractivity contribution in [1.82, 2.24) is 14.5 Å². The minimum Gasteiger partial charge on any atom is -0.384 e. The van der Waals surface area contributed by atoms with Gasteiger partial charge in [-0.2, -0.15) is 5.26 Å². The van der Waals surface area contributed by atoms with E-state index in [9.17, 15) is 14.4 Å². The molecule has 2 aromatic heterocycles. The fourth-order valence-electron chi connectivity index (χ4n) is 3.07. The number of methoxy groups -OCH3 is 1. The van der Waals surface area contributed by atoms with Crippen molar-refractivity contribution in [2.75, 3.05) is 19.5 Å². The zero-order chi connectivity index (χ0) is 19.8. The Labute approximate surface area is 161 Å². The van der Waals surface area contributed by atoms with E-state index in [4.69, 9.17) is 4.74 Å². The van der Waals surface area contributed by atoms with E-state index in [1.54, 1.807) is 7.11 Å². The Bertz CT molecular complexity index is 975. The van der Waals surface area contributed by atoms with Crippen LogP contribution >= 0.6 is 11.8 Å². The van der Waals surface area contributed by atoms with Crippen LogP contribution in [-0.4, -0.2) is 34.0 Å². The van der Waals surface area contributed by atoms with E-state index in [1.807, 2.05) is 26.8 Å². The molecule has 142 valence electrons. The lowest BCUT2D eigenvalue weighted by Gasteiger charge is -2.25. The third-order valence-electron chi connectivity index (χ3n) is 4.36. The highest BCUT2D eigenvalue weighted by Gasteiger charge is 2.26. The van der Waals surface area contributed by atoms with Crippen LogP contribution in [0.5, 0.6) is 0 Å². The normalized spacial score (nSPS) is 16.7. The summed E-state index contributed by atoms with van der Waals surface area (Å²) in [6, 6.07) is 3.24. The molecule has 0 aliphatic carbocycles. The highest BCUT2D eigenvalue weighted by Crippen LogP contribution is 2.30. The molecule has 0 saturated carbocycles. The summed E-state index contributed by atoms with van der Waals surface area (Å²) in [5, 5.41) is 10.1. The van der Waals surface area contributed by atoms with Gasteiger partial charge in [-0.05, 0) is 6.07 Å². The van der Waals surface area contributed by atoms with E-state index >= 15 is 0 Å². The van der Waals surface area contributed by atoms with E-state index in [-0.39, 0.29) is 17.2 Å². The molecule has 1 atom stereocenters. The first-order valence-electron chi connectivity index (χ1n) is 8.59. The summed E-state index contributed by atoms with van der Waals surface area (Å²) in [4.78, 5) is 21.6. The first-order chi connectivity index (χ1) is 12.8. The number of hydrogen-bond donors (Lipinski definition) is 0. The van der Waals surface area contributed by atoms with Crippen molar-refractivity contribution in [3.05, 3.63) is 39.7 Å². The van der Waals surface area contributed by atoms with Crippen LogP contribution in [0.1, 0.15) is 32.0 Å². The van der Waals surface area contributed by atoms with Crippen molar-refractivity contribution in [1.29, 1.82) is 5.26 Å². The summed E-state index contributed by atoms with van der Waals surface area (Å²) >= 11 is 1.44. The average Bonchev–Trinajstić information content (AvgIpc) is 2.61. The van der Waals surface area contributed by atoms with Crippen LogP contribution in [0.2, 0.25) is 0 Å². The fraction of sp³-hybridized carbons (Fsp3) is 0.474. The molecular formula is C19H21FN4O2S. The van der Waals surface area contributed by atoms with Crippen LogP contribution in [0.4, 0.5) is 4.39 Å². The molecule has 0 saturated heterocycles. The van der Waals surface area contributed by atoms with E-state index in [0.29, 0.717) is 29.6 Å². The van der Waals surface area contributed by atoms with E-state index in [1.165, 1.54) is 28.6 Å². The van der Waals surface area contributed by atoms with Gasteiger partial charge in [0.2, 0.25) is 0 Å². The summed E-state index contributed by atoms with van der Waals surface area (Å²) in [7, 11) is 1.62. The van der Waals surface area contributed by atoms with Gasteiger partial charge in [-0.15, -0.1) is 0 Å². The Morgan fingerprint density at radius 2 is 2.22 bits per heavy atom. The number of fused-ring (bicyclic) bond motifs is 1. The molecular weight excluding hydrogens is 367 g/mol. The molecule has 3 rings (SSSR count). The minimum atomic E-state index is -0.476. The Kier molecular flexibility index (Phi) is 5.36. The Morgan fingerprint density at radius 1 is 1.48 bits per heavy atom. The molecule has 0 bridgehead atoms. The predicted octanol–water partition coefficient (Wildman–Crippen LogP) is 2.98. The number of halogens is 1. The number of nitrogens with zero attached hydrogens (tertiary/aromatic N) is 4. The highest BCUT2D eigenvalue weighted by atomic mass is 32.2. The molecule has 1 aliphatic heterocycles. The molecule has 0 spiro atoms. The lowest BCUT2D eigenvalue weighted by atomic mass is 9.90. The molecule has 0 N–H and O–H groups in total. The van der Waals surface area contributed by atoms with Gasteiger partial charge in [0.15, 0.2) is 5.16 Å². The number of hydrogen-bond acceptors (Lipinski definition) is 6. The quantitative estimate of drug-likeness (QED) is 0.752. The first kappa shape index (κ1) is 19.5. The van der Waals surface area contributed by atoms with Gasteiger partial charge in [0.1, 0.15) is 17.4 Å². The molecule has 0 amide bonds. The maximum absolute atomic E-state index is 14.6. The van der Waals surface area contributed by atoms with Crippen molar-refractivity contribution < 1.29 is 9.13 Å². The van der Waals surface area contributed by atoms with Crippen LogP contribution in [-0.2, 0) is 16.7 Å². The Morgan fingerprint density at radius 3 is 2.81 bits per heavy atom. The highest BCUT2D eigenvalue weighted by molar-refractivity contribution is 7.99. The Hall–Kier alpha value is -2.24. The van der Waals surface area contributed by atoms with Crippen LogP contribution in [0.25, 0.3) is 11.3 Å². The second kappa shape index (κ2) is 7.41. The average molecular weight is 388 g/mol. The number of aromatic nitrogens is 3. The molecule has 6 nitrogen and oxygen atoms in total. The largest absolute Gasteiger partial charge is 0.384 e. The molecule has 1 aliphatic rings. The van der Waals surface area contributed by atoms with Crippen LogP contribution in [0.15, 0.2) is 22.2 Å². The van der Waals surface area contributed by atoms with Gasteiger partial charge in [-0.1, -0.05) is 32.5 Å². The molecule has 8 heteroatoms. The summed E-state index contributed by atoms with van der Waals surface area (Å²) in [6.45, 7) is 6.60. The molecule has 0 fully saturated rings. The van der Waals surface area contributed by atoms with Gasteiger partial charge in [0.05, 0.1) is 18.0 Å². The van der Waals surface area contributed by atoms with Crippen LogP contribution < -0.4 is 5.56 Å². The van der Waals surface area contributed by atoms with Crippen molar-refractivity contribution in [2.45, 2.75) is 37.9 Å². The van der Waals surface area contributed by atoms with Crippen molar-refractivity contribution in [2.24, 2.45) is 5.92 Å².